The molecule has 0 aromatic heterocycles. The molecule has 2 rings (SSSR count). The Morgan fingerprint density at radius 2 is 1.75 bits per heavy atom. The molecule has 0 radical (unpaired) electrons. The first-order chi connectivity index (χ1) is 9.75. The number of fused-ring (bicyclic) bond motifs is 1. The molecule has 0 saturated heterocycles. The second kappa shape index (κ2) is 7.24. The van der Waals surface area contributed by atoms with Crippen LogP contribution in [0.1, 0.15) is 57.1 Å². The third-order valence-corrected chi connectivity index (χ3v) is 4.84. The van der Waals surface area contributed by atoms with Crippen LogP contribution in [0.4, 0.5) is 0 Å². The maximum Gasteiger partial charge on any atom is 0.0335 e. The highest BCUT2D eigenvalue weighted by molar-refractivity contribution is 5.28. The van der Waals surface area contributed by atoms with Crippen LogP contribution in [0.15, 0.2) is 24.3 Å². The summed E-state index contributed by atoms with van der Waals surface area (Å²) in [6, 6.07) is 8.93. The van der Waals surface area contributed by atoms with Crippen LogP contribution in [0.25, 0.3) is 0 Å². The molecule has 1 aliphatic heterocycles. The van der Waals surface area contributed by atoms with Crippen LogP contribution < -0.4 is 5.73 Å². The van der Waals surface area contributed by atoms with Gasteiger partial charge in [-0.25, -0.2) is 0 Å². The molecule has 1 aromatic rings. The summed E-state index contributed by atoms with van der Waals surface area (Å²) in [6.45, 7) is 7.62. The zero-order chi connectivity index (χ0) is 14.4. The van der Waals surface area contributed by atoms with Crippen LogP contribution in [0.2, 0.25) is 0 Å². The highest BCUT2D eigenvalue weighted by Gasteiger charge is 2.34. The summed E-state index contributed by atoms with van der Waals surface area (Å²) in [5.41, 5.74) is 9.49. The van der Waals surface area contributed by atoms with Gasteiger partial charge < -0.3 is 5.73 Å². The van der Waals surface area contributed by atoms with Crippen LogP contribution in [0.5, 0.6) is 0 Å². The largest absolute Gasteiger partial charge is 0.329 e. The fourth-order valence-electron chi connectivity index (χ4n) is 3.81. The Bertz CT molecular complexity index is 408. The lowest BCUT2D eigenvalue weighted by Gasteiger charge is -2.43. The molecule has 0 fully saturated rings. The third kappa shape index (κ3) is 3.24. The summed E-state index contributed by atoms with van der Waals surface area (Å²) in [6.07, 6.45) is 7.35. The van der Waals surface area contributed by atoms with Gasteiger partial charge in [0.15, 0.2) is 0 Å². The summed E-state index contributed by atoms with van der Waals surface area (Å²) < 4.78 is 0. The molecule has 1 aliphatic rings. The van der Waals surface area contributed by atoms with E-state index in [1.165, 1.54) is 56.2 Å². The lowest BCUT2D eigenvalue weighted by molar-refractivity contribution is 0.0678. The number of aryl methyl sites for hydroxylation is 1. The van der Waals surface area contributed by atoms with Gasteiger partial charge in [-0.3, -0.25) is 4.90 Å². The summed E-state index contributed by atoms with van der Waals surface area (Å²) in [5, 5.41) is 0. The zero-order valence-corrected chi connectivity index (χ0v) is 13.2. The molecule has 0 aliphatic carbocycles. The first-order valence-corrected chi connectivity index (χ1v) is 8.27. The minimum atomic E-state index is 0.209. The van der Waals surface area contributed by atoms with Gasteiger partial charge in [-0.1, -0.05) is 51.0 Å². The quantitative estimate of drug-likeness (QED) is 0.856. The lowest BCUT2D eigenvalue weighted by atomic mass is 9.86. The fourth-order valence-corrected chi connectivity index (χ4v) is 3.81. The van der Waals surface area contributed by atoms with Gasteiger partial charge in [0.25, 0.3) is 0 Å². The van der Waals surface area contributed by atoms with Crippen molar-refractivity contribution in [3.8, 4) is 0 Å². The van der Waals surface area contributed by atoms with Gasteiger partial charge in [-0.2, -0.15) is 0 Å². The van der Waals surface area contributed by atoms with Crippen molar-refractivity contribution in [3.63, 3.8) is 0 Å². The zero-order valence-electron chi connectivity index (χ0n) is 13.2. The highest BCUT2D eigenvalue weighted by atomic mass is 15.2. The van der Waals surface area contributed by atoms with E-state index in [0.29, 0.717) is 0 Å². The summed E-state index contributed by atoms with van der Waals surface area (Å²) >= 11 is 0. The minimum Gasteiger partial charge on any atom is -0.329 e. The molecule has 2 heteroatoms. The molecule has 2 nitrogen and oxygen atoms in total. The molecule has 20 heavy (non-hydrogen) atoms. The van der Waals surface area contributed by atoms with Crippen LogP contribution >= 0.6 is 0 Å². The molecule has 0 bridgehead atoms. The molecule has 0 amide bonds. The van der Waals surface area contributed by atoms with Crippen LogP contribution in [-0.4, -0.2) is 23.5 Å². The molecule has 0 atom stereocenters. The van der Waals surface area contributed by atoms with Gasteiger partial charge in [0, 0.05) is 18.6 Å². The Morgan fingerprint density at radius 1 is 1.10 bits per heavy atom. The van der Waals surface area contributed by atoms with Gasteiger partial charge >= 0.3 is 0 Å². The molecule has 1 aromatic carbocycles. The molecule has 0 unspecified atom stereocenters. The van der Waals surface area contributed by atoms with Crippen molar-refractivity contribution in [2.24, 2.45) is 5.73 Å². The van der Waals surface area contributed by atoms with Crippen LogP contribution in [-0.2, 0) is 13.0 Å². The second-order valence-electron chi connectivity index (χ2n) is 6.22. The highest BCUT2D eigenvalue weighted by Crippen LogP contribution is 2.31. The topological polar surface area (TPSA) is 29.3 Å². The number of nitrogens with zero attached hydrogens (tertiary/aromatic N) is 1. The number of benzene rings is 1. The first-order valence-electron chi connectivity index (χ1n) is 8.27. The molecule has 112 valence electrons. The van der Waals surface area contributed by atoms with Gasteiger partial charge in [-0.05, 0) is 43.4 Å². The Balaban J connectivity index is 2.25. The van der Waals surface area contributed by atoms with Crippen molar-refractivity contribution in [2.75, 3.05) is 13.1 Å². The van der Waals surface area contributed by atoms with Crippen molar-refractivity contribution in [2.45, 2.75) is 64.5 Å². The molecular weight excluding hydrogens is 244 g/mol. The maximum absolute atomic E-state index is 6.24. The molecule has 2 N–H and O–H groups in total. The molecule has 0 spiro atoms. The SMILES string of the molecule is CCCC(CN)(CCC)N1CCCc2ccccc2C1. The molecule has 0 saturated carbocycles. The number of hydrogen-bond acceptors (Lipinski definition) is 2. The predicted molar refractivity (Wildman–Crippen MR) is 86.8 cm³/mol. The van der Waals surface area contributed by atoms with Crippen LogP contribution in [0, 0.1) is 0 Å². The Morgan fingerprint density at radius 3 is 2.35 bits per heavy atom. The standard InChI is InChI=1S/C18H30N2/c1-3-11-18(15-19,12-4-2)20-13-7-10-16-8-5-6-9-17(16)14-20/h5-6,8-9H,3-4,7,10-15,19H2,1-2H3. The van der Waals surface area contributed by atoms with Crippen molar-refractivity contribution in [1.29, 1.82) is 0 Å². The van der Waals surface area contributed by atoms with E-state index in [1.54, 1.807) is 0 Å². The molecule has 1 heterocycles. The second-order valence-corrected chi connectivity index (χ2v) is 6.22. The van der Waals surface area contributed by atoms with Crippen molar-refractivity contribution < 1.29 is 0 Å². The van der Waals surface area contributed by atoms with Crippen molar-refractivity contribution >= 4 is 0 Å². The minimum absolute atomic E-state index is 0.209. The van der Waals surface area contributed by atoms with Crippen molar-refractivity contribution in [3.05, 3.63) is 35.4 Å². The van der Waals surface area contributed by atoms with E-state index in [4.69, 9.17) is 5.73 Å². The Kier molecular flexibility index (Phi) is 5.62. The molecular formula is C18H30N2. The van der Waals surface area contributed by atoms with E-state index in [1.807, 2.05) is 0 Å². The van der Waals surface area contributed by atoms with Gasteiger partial charge in [0.05, 0.1) is 0 Å². The predicted octanol–water partition coefficient (Wildman–Crippen LogP) is 3.73. The summed E-state index contributed by atoms with van der Waals surface area (Å²) in [5.74, 6) is 0. The van der Waals surface area contributed by atoms with Gasteiger partial charge in [-0.15, -0.1) is 0 Å². The van der Waals surface area contributed by atoms with Crippen molar-refractivity contribution in [1.82, 2.24) is 4.90 Å². The average Bonchev–Trinajstić information content (AvgIpc) is 2.69. The number of hydrogen-bond donors (Lipinski definition) is 1. The average molecular weight is 274 g/mol. The van der Waals surface area contributed by atoms with E-state index in [9.17, 15) is 0 Å². The van der Waals surface area contributed by atoms with Gasteiger partial charge in [0.1, 0.15) is 0 Å². The van der Waals surface area contributed by atoms with Crippen LogP contribution in [0.3, 0.4) is 0 Å². The van der Waals surface area contributed by atoms with E-state index in [-0.39, 0.29) is 5.54 Å². The number of nitrogens with two attached hydrogens (primary N) is 1. The van der Waals surface area contributed by atoms with Gasteiger partial charge in [0.2, 0.25) is 0 Å². The third-order valence-electron chi connectivity index (χ3n) is 4.84. The van der Waals surface area contributed by atoms with E-state index >= 15 is 0 Å². The first kappa shape index (κ1) is 15.5. The Labute approximate surface area is 124 Å². The normalized spacial score (nSPS) is 16.8. The Hall–Kier alpha value is -0.860. The summed E-state index contributed by atoms with van der Waals surface area (Å²) in [7, 11) is 0. The number of rotatable bonds is 6. The smallest absolute Gasteiger partial charge is 0.0335 e. The fraction of sp³-hybridized carbons (Fsp3) is 0.667. The maximum atomic E-state index is 6.24. The monoisotopic (exact) mass is 274 g/mol. The summed E-state index contributed by atoms with van der Waals surface area (Å²) in [4.78, 5) is 2.69. The van der Waals surface area contributed by atoms with E-state index in [0.717, 1.165) is 13.1 Å². The van der Waals surface area contributed by atoms with E-state index in [2.05, 4.69) is 43.0 Å². The van der Waals surface area contributed by atoms with E-state index < -0.39 is 0 Å². The lowest BCUT2D eigenvalue weighted by Crippen LogP contribution is -2.53.